The summed E-state index contributed by atoms with van der Waals surface area (Å²) in [6.07, 6.45) is 8.60. The van der Waals surface area contributed by atoms with Gasteiger partial charge in [0.05, 0.1) is 18.0 Å². The summed E-state index contributed by atoms with van der Waals surface area (Å²) in [5.41, 5.74) is 1.80. The number of hydrogen-bond donors (Lipinski definition) is 0. The molecule has 1 aliphatic carbocycles. The summed E-state index contributed by atoms with van der Waals surface area (Å²) in [7, 11) is -2.05. The molecule has 2 heterocycles. The molecule has 7 nitrogen and oxygen atoms in total. The maximum absolute atomic E-state index is 13.4. The lowest BCUT2D eigenvalue weighted by Crippen LogP contribution is -2.42. The summed E-state index contributed by atoms with van der Waals surface area (Å²) in [5.74, 6) is 0.397. The van der Waals surface area contributed by atoms with Crippen LogP contribution in [-0.2, 0) is 10.0 Å². The molecule has 1 saturated heterocycles. The van der Waals surface area contributed by atoms with E-state index in [2.05, 4.69) is 0 Å². The highest BCUT2D eigenvalue weighted by atomic mass is 32.2. The number of carbonyl (C=O) groups excluding carboxylic acids is 1. The van der Waals surface area contributed by atoms with E-state index in [9.17, 15) is 13.2 Å². The van der Waals surface area contributed by atoms with Crippen molar-refractivity contribution in [2.45, 2.75) is 62.8 Å². The summed E-state index contributed by atoms with van der Waals surface area (Å²) in [5, 5.41) is 0. The van der Waals surface area contributed by atoms with E-state index in [1.165, 1.54) is 23.6 Å². The van der Waals surface area contributed by atoms with E-state index in [0.717, 1.165) is 23.9 Å². The molecule has 2 aromatic rings. The first kappa shape index (κ1) is 23.7. The molecule has 1 aromatic heterocycles. The predicted molar refractivity (Wildman–Crippen MR) is 127 cm³/mol. The van der Waals surface area contributed by atoms with Gasteiger partial charge in [-0.15, -0.1) is 0 Å². The van der Waals surface area contributed by atoms with Gasteiger partial charge in [-0.25, -0.2) is 8.42 Å². The lowest BCUT2D eigenvalue weighted by atomic mass is 9.96. The largest absolute Gasteiger partial charge is 0.497 e. The topological polar surface area (TPSA) is 81.0 Å². The van der Waals surface area contributed by atoms with Crippen LogP contribution in [0.5, 0.6) is 5.75 Å². The Morgan fingerprint density at radius 3 is 2.30 bits per heavy atom. The Balaban J connectivity index is 1.48. The zero-order valence-electron chi connectivity index (χ0n) is 19.4. The Morgan fingerprint density at radius 1 is 1.00 bits per heavy atom. The Labute approximate surface area is 196 Å². The smallest absolute Gasteiger partial charge is 0.243 e. The second kappa shape index (κ2) is 10.2. The molecule has 1 saturated carbocycles. The van der Waals surface area contributed by atoms with Crippen molar-refractivity contribution in [2.24, 2.45) is 10.9 Å². The van der Waals surface area contributed by atoms with Crippen LogP contribution < -0.4 is 10.2 Å². The van der Waals surface area contributed by atoms with Crippen LogP contribution in [0, 0.1) is 12.8 Å². The van der Waals surface area contributed by atoms with Crippen molar-refractivity contribution in [1.29, 1.82) is 0 Å². The standard InChI is InChI=1S/C25H33N3O4S/c1-19-12-17-28(24(18-19)26-21-6-4-3-5-7-21)25(29)20-13-15-27(16-14-20)33(30,31)23-10-8-22(32-2)9-11-23/h8-12,17-18,20-21H,3-7,13-16H2,1-2H3. The molecule has 0 amide bonds. The van der Waals surface area contributed by atoms with Gasteiger partial charge in [-0.1, -0.05) is 19.3 Å². The Bertz CT molecular complexity index is 1140. The monoisotopic (exact) mass is 471 g/mol. The summed E-state index contributed by atoms with van der Waals surface area (Å²) in [6, 6.07) is 10.6. The SMILES string of the molecule is COc1ccc(S(=O)(=O)N2CCC(C(=O)n3ccc(C)cc3=NC3CCCCC3)CC2)cc1. The van der Waals surface area contributed by atoms with E-state index in [0.29, 0.717) is 31.7 Å². The number of carbonyl (C=O) groups is 1. The molecule has 0 spiro atoms. The molecule has 33 heavy (non-hydrogen) atoms. The highest BCUT2D eigenvalue weighted by molar-refractivity contribution is 7.89. The van der Waals surface area contributed by atoms with Gasteiger partial charge in [0.2, 0.25) is 15.9 Å². The van der Waals surface area contributed by atoms with Crippen LogP contribution in [-0.4, -0.2) is 49.4 Å². The number of nitrogens with zero attached hydrogens (tertiary/aromatic N) is 3. The van der Waals surface area contributed by atoms with Crippen molar-refractivity contribution in [2.75, 3.05) is 20.2 Å². The van der Waals surface area contributed by atoms with Gasteiger partial charge in [0, 0.05) is 25.2 Å². The Kier molecular flexibility index (Phi) is 7.34. The van der Waals surface area contributed by atoms with E-state index < -0.39 is 10.0 Å². The third kappa shape index (κ3) is 5.38. The maximum atomic E-state index is 13.4. The van der Waals surface area contributed by atoms with E-state index in [1.807, 2.05) is 25.3 Å². The molecule has 2 fully saturated rings. The summed E-state index contributed by atoms with van der Waals surface area (Å²) >= 11 is 0. The van der Waals surface area contributed by atoms with Gasteiger partial charge in [-0.3, -0.25) is 14.4 Å². The van der Waals surface area contributed by atoms with Crippen molar-refractivity contribution < 1.29 is 17.9 Å². The number of piperidine rings is 1. The minimum absolute atomic E-state index is 0.00561. The average molecular weight is 472 g/mol. The molecule has 0 bridgehead atoms. The highest BCUT2D eigenvalue weighted by Gasteiger charge is 2.32. The van der Waals surface area contributed by atoms with Crippen LogP contribution in [0.3, 0.4) is 0 Å². The molecule has 1 aromatic carbocycles. The number of aryl methyl sites for hydroxylation is 1. The van der Waals surface area contributed by atoms with Crippen molar-refractivity contribution in [3.8, 4) is 5.75 Å². The third-order valence-electron chi connectivity index (χ3n) is 6.72. The highest BCUT2D eigenvalue weighted by Crippen LogP contribution is 2.26. The van der Waals surface area contributed by atoms with E-state index in [4.69, 9.17) is 9.73 Å². The summed E-state index contributed by atoms with van der Waals surface area (Å²) < 4.78 is 34.3. The van der Waals surface area contributed by atoms with E-state index in [1.54, 1.807) is 35.9 Å². The van der Waals surface area contributed by atoms with Crippen molar-refractivity contribution in [3.63, 3.8) is 0 Å². The molecule has 1 aliphatic heterocycles. The lowest BCUT2D eigenvalue weighted by molar-refractivity contribution is 0.0780. The van der Waals surface area contributed by atoms with E-state index in [-0.39, 0.29) is 22.8 Å². The van der Waals surface area contributed by atoms with E-state index >= 15 is 0 Å². The molecular formula is C25H33N3O4S. The van der Waals surface area contributed by atoms with Crippen LogP contribution in [0.1, 0.15) is 55.3 Å². The number of sulfonamides is 1. The minimum atomic E-state index is -3.59. The molecular weight excluding hydrogens is 438 g/mol. The fourth-order valence-electron chi connectivity index (χ4n) is 4.71. The van der Waals surface area contributed by atoms with Gasteiger partial charge >= 0.3 is 0 Å². The average Bonchev–Trinajstić information content (AvgIpc) is 2.84. The normalized spacial score (nSPS) is 19.5. The molecule has 0 N–H and O–H groups in total. The van der Waals surface area contributed by atoms with Crippen LogP contribution >= 0.6 is 0 Å². The number of ether oxygens (including phenoxy) is 1. The van der Waals surface area contributed by atoms with Crippen molar-refractivity contribution in [3.05, 3.63) is 53.6 Å². The van der Waals surface area contributed by atoms with Gasteiger partial charge in [0.15, 0.2) is 0 Å². The zero-order chi connectivity index (χ0) is 23.4. The van der Waals surface area contributed by atoms with Gasteiger partial charge < -0.3 is 4.74 Å². The number of rotatable bonds is 5. The first-order chi connectivity index (χ1) is 15.9. The van der Waals surface area contributed by atoms with Crippen LogP contribution in [0.25, 0.3) is 0 Å². The van der Waals surface area contributed by atoms with Gasteiger partial charge in [-0.05, 0) is 74.6 Å². The lowest BCUT2D eigenvalue weighted by Gasteiger charge is -2.30. The molecule has 2 aliphatic rings. The van der Waals surface area contributed by atoms with Crippen molar-refractivity contribution in [1.82, 2.24) is 8.87 Å². The quantitative estimate of drug-likeness (QED) is 0.665. The molecule has 178 valence electrons. The van der Waals surface area contributed by atoms with Crippen LogP contribution in [0.2, 0.25) is 0 Å². The summed E-state index contributed by atoms with van der Waals surface area (Å²) in [6.45, 7) is 2.66. The number of methoxy groups -OCH3 is 1. The molecule has 4 rings (SSSR count). The molecule has 0 unspecified atom stereocenters. The molecule has 0 atom stereocenters. The number of pyridine rings is 1. The van der Waals surface area contributed by atoms with Crippen LogP contribution in [0.15, 0.2) is 52.5 Å². The van der Waals surface area contributed by atoms with Crippen LogP contribution in [0.4, 0.5) is 0 Å². The predicted octanol–water partition coefficient (Wildman–Crippen LogP) is 3.78. The Hall–Kier alpha value is -2.45. The second-order valence-corrected chi connectivity index (χ2v) is 11.0. The fraction of sp³-hybridized carbons (Fsp3) is 0.520. The van der Waals surface area contributed by atoms with Gasteiger partial charge in [0.1, 0.15) is 11.2 Å². The number of benzene rings is 1. The zero-order valence-corrected chi connectivity index (χ0v) is 20.3. The number of aromatic nitrogens is 1. The fourth-order valence-corrected chi connectivity index (χ4v) is 6.18. The van der Waals surface area contributed by atoms with Crippen molar-refractivity contribution >= 4 is 15.9 Å². The molecule has 8 heteroatoms. The number of hydrogen-bond acceptors (Lipinski definition) is 5. The van der Waals surface area contributed by atoms with Gasteiger partial charge in [0.25, 0.3) is 0 Å². The second-order valence-electron chi connectivity index (χ2n) is 9.05. The first-order valence-corrected chi connectivity index (χ1v) is 13.2. The Morgan fingerprint density at radius 2 is 1.67 bits per heavy atom. The maximum Gasteiger partial charge on any atom is 0.243 e. The van der Waals surface area contributed by atoms with Gasteiger partial charge in [-0.2, -0.15) is 4.31 Å². The summed E-state index contributed by atoms with van der Waals surface area (Å²) in [4.78, 5) is 18.6. The first-order valence-electron chi connectivity index (χ1n) is 11.8. The molecule has 0 radical (unpaired) electrons. The minimum Gasteiger partial charge on any atom is -0.497 e. The third-order valence-corrected chi connectivity index (χ3v) is 8.63.